The van der Waals surface area contributed by atoms with E-state index in [0.29, 0.717) is 12.0 Å². The lowest BCUT2D eigenvalue weighted by atomic mass is 9.83. The summed E-state index contributed by atoms with van der Waals surface area (Å²) in [6.45, 7) is 0. The number of nitriles is 1. The van der Waals surface area contributed by atoms with Crippen molar-refractivity contribution in [3.8, 4) is 6.07 Å². The van der Waals surface area contributed by atoms with Gasteiger partial charge in [-0.05, 0) is 54.7 Å². The Hall–Kier alpha value is -4.79. The van der Waals surface area contributed by atoms with Crippen LogP contribution in [0, 0.1) is 23.0 Å². The summed E-state index contributed by atoms with van der Waals surface area (Å²) in [5.41, 5.74) is -0.641. The predicted octanol–water partition coefficient (Wildman–Crippen LogP) is 4.52. The topological polar surface area (TPSA) is 106 Å². The van der Waals surface area contributed by atoms with Gasteiger partial charge >= 0.3 is 0 Å². The largest absolute Gasteiger partial charge is 0.351 e. The molecule has 8 nitrogen and oxygen atoms in total. The first kappa shape index (κ1) is 28.3. The fraction of sp³-hybridized carbons (Fsp3) is 0.323. The van der Waals surface area contributed by atoms with Gasteiger partial charge in [-0.1, -0.05) is 24.3 Å². The van der Waals surface area contributed by atoms with E-state index >= 15 is 0 Å². The molecule has 6 rings (SSSR count). The Labute approximate surface area is 243 Å². The van der Waals surface area contributed by atoms with Crippen LogP contribution in [0.4, 0.5) is 29.1 Å². The number of aromatic nitrogens is 1. The highest BCUT2D eigenvalue weighted by molar-refractivity contribution is 6.12. The number of benzene rings is 2. The molecule has 220 valence electrons. The van der Waals surface area contributed by atoms with E-state index < -0.39 is 65.7 Å². The lowest BCUT2D eigenvalue weighted by Gasteiger charge is -2.45. The number of amides is 3. The number of fused-ring (bicyclic) bond motifs is 1. The summed E-state index contributed by atoms with van der Waals surface area (Å²) in [6, 6.07) is 12.3. The summed E-state index contributed by atoms with van der Waals surface area (Å²) in [5.74, 6) is -7.28. The van der Waals surface area contributed by atoms with Gasteiger partial charge in [-0.2, -0.15) is 5.26 Å². The Bertz CT molecular complexity index is 1680. The van der Waals surface area contributed by atoms with E-state index in [-0.39, 0.29) is 36.3 Å². The molecule has 0 radical (unpaired) electrons. The molecule has 1 aliphatic heterocycles. The van der Waals surface area contributed by atoms with Crippen LogP contribution in [0.25, 0.3) is 0 Å². The average molecular weight is 592 g/mol. The Balaban J connectivity index is 1.50. The van der Waals surface area contributed by atoms with Crippen molar-refractivity contribution in [1.29, 1.82) is 5.26 Å². The van der Waals surface area contributed by atoms with E-state index in [0.717, 1.165) is 27.5 Å². The van der Waals surface area contributed by atoms with Gasteiger partial charge in [-0.15, -0.1) is 0 Å². The predicted molar refractivity (Wildman–Crippen MR) is 146 cm³/mol. The zero-order valence-electron chi connectivity index (χ0n) is 22.7. The van der Waals surface area contributed by atoms with Crippen LogP contribution in [0.2, 0.25) is 0 Å². The van der Waals surface area contributed by atoms with E-state index in [9.17, 15) is 37.2 Å². The minimum absolute atomic E-state index is 0.0184. The highest BCUT2D eigenvalue weighted by atomic mass is 19.3. The maximum absolute atomic E-state index is 14.7. The van der Waals surface area contributed by atoms with E-state index in [1.165, 1.54) is 24.4 Å². The quantitative estimate of drug-likeness (QED) is 0.425. The second-order valence-corrected chi connectivity index (χ2v) is 11.1. The van der Waals surface area contributed by atoms with Gasteiger partial charge in [0.1, 0.15) is 11.9 Å². The number of rotatable bonds is 6. The van der Waals surface area contributed by atoms with Crippen molar-refractivity contribution in [1.82, 2.24) is 10.3 Å². The van der Waals surface area contributed by atoms with Crippen LogP contribution in [0.5, 0.6) is 0 Å². The Kier molecular flexibility index (Phi) is 6.91. The molecule has 0 unspecified atom stereocenters. The fourth-order valence-corrected chi connectivity index (χ4v) is 6.36. The van der Waals surface area contributed by atoms with Gasteiger partial charge in [0.25, 0.3) is 17.7 Å². The molecule has 12 heteroatoms. The van der Waals surface area contributed by atoms with Crippen LogP contribution < -0.4 is 15.1 Å². The molecule has 3 aromatic rings. The van der Waals surface area contributed by atoms with E-state index in [1.54, 1.807) is 24.3 Å². The van der Waals surface area contributed by atoms with E-state index in [4.69, 9.17) is 0 Å². The molecule has 1 N–H and O–H groups in total. The van der Waals surface area contributed by atoms with Crippen molar-refractivity contribution in [3.63, 3.8) is 0 Å². The van der Waals surface area contributed by atoms with Crippen molar-refractivity contribution < 1.29 is 31.9 Å². The molecule has 2 atom stereocenters. The van der Waals surface area contributed by atoms with E-state index in [2.05, 4.69) is 10.3 Å². The molecule has 1 saturated carbocycles. The summed E-state index contributed by atoms with van der Waals surface area (Å²) in [5, 5.41) is 12.1. The molecular weight excluding hydrogens is 566 g/mol. The van der Waals surface area contributed by atoms with Gasteiger partial charge < -0.3 is 5.32 Å². The number of hydrogen-bond donors (Lipinski definition) is 1. The highest BCUT2D eigenvalue weighted by Gasteiger charge is 2.57. The molecule has 0 bridgehead atoms. The number of anilines is 2. The first-order valence-electron chi connectivity index (χ1n) is 13.8. The van der Waals surface area contributed by atoms with Gasteiger partial charge in [0.05, 0.1) is 11.6 Å². The zero-order valence-corrected chi connectivity index (χ0v) is 22.7. The third kappa shape index (κ3) is 4.78. The van der Waals surface area contributed by atoms with Gasteiger partial charge in [-0.25, -0.2) is 22.5 Å². The normalized spacial score (nSPS) is 22.4. The van der Waals surface area contributed by atoms with Crippen LogP contribution >= 0.6 is 0 Å². The van der Waals surface area contributed by atoms with Crippen LogP contribution in [0.3, 0.4) is 0 Å². The van der Waals surface area contributed by atoms with Gasteiger partial charge in [-0.3, -0.25) is 24.2 Å². The number of carbonyl (C=O) groups excluding carboxylic acids is 3. The molecule has 2 heterocycles. The van der Waals surface area contributed by atoms with Crippen molar-refractivity contribution in [2.24, 2.45) is 0 Å². The third-order valence-electron chi connectivity index (χ3n) is 8.40. The van der Waals surface area contributed by atoms with Crippen molar-refractivity contribution in [2.45, 2.75) is 62.1 Å². The van der Waals surface area contributed by atoms with Crippen LogP contribution in [-0.2, 0) is 26.3 Å². The maximum atomic E-state index is 14.7. The standard InChI is InChI=1S/C31H25F4N5O3/c32-23-6-5-21(14-24(23)33)40(28(42)25-7-8-27(41)39(25)26-13-18(17-36)10-12-37-26)31(11-9-19-3-1-2-4-22(19)31)29(43)38-20-15-30(34,35)16-20/h1-6,10,12-14,20,25H,7-9,11,15-16H2,(H,38,43)/t25-,31+/m0/s1. The van der Waals surface area contributed by atoms with Crippen LogP contribution in [0.15, 0.2) is 60.8 Å². The molecule has 3 amide bonds. The number of aryl methyl sites for hydroxylation is 1. The first-order chi connectivity index (χ1) is 20.5. The Morgan fingerprint density at radius 2 is 1.81 bits per heavy atom. The molecular formula is C31H25F4N5O3. The molecule has 2 aliphatic carbocycles. The molecule has 3 aliphatic rings. The summed E-state index contributed by atoms with van der Waals surface area (Å²) >= 11 is 0. The average Bonchev–Trinajstić information content (AvgIpc) is 3.55. The third-order valence-corrected chi connectivity index (χ3v) is 8.40. The van der Waals surface area contributed by atoms with Gasteiger partial charge in [0.2, 0.25) is 5.91 Å². The minimum Gasteiger partial charge on any atom is -0.351 e. The molecule has 0 spiro atoms. The number of nitrogens with zero attached hydrogens (tertiary/aromatic N) is 4. The molecule has 2 fully saturated rings. The van der Waals surface area contributed by atoms with E-state index in [1.807, 2.05) is 6.07 Å². The van der Waals surface area contributed by atoms with Gasteiger partial charge in [0, 0.05) is 43.3 Å². The lowest BCUT2D eigenvalue weighted by molar-refractivity contribution is -0.137. The summed E-state index contributed by atoms with van der Waals surface area (Å²) in [6.07, 6.45) is 0.511. The number of pyridine rings is 1. The molecule has 43 heavy (non-hydrogen) atoms. The smallest absolute Gasteiger partial charge is 0.252 e. The maximum Gasteiger partial charge on any atom is 0.252 e. The summed E-state index contributed by atoms with van der Waals surface area (Å²) in [7, 11) is 0. The highest BCUT2D eigenvalue weighted by Crippen LogP contribution is 2.47. The Morgan fingerprint density at radius 3 is 2.53 bits per heavy atom. The minimum atomic E-state index is -2.93. The van der Waals surface area contributed by atoms with Crippen molar-refractivity contribution >= 4 is 29.2 Å². The second-order valence-electron chi connectivity index (χ2n) is 11.1. The number of carbonyl (C=O) groups is 3. The number of alkyl halides is 2. The fourth-order valence-electron chi connectivity index (χ4n) is 6.36. The number of nitrogens with one attached hydrogen (secondary N) is 1. The molecule has 2 aromatic carbocycles. The van der Waals surface area contributed by atoms with Crippen molar-refractivity contribution in [3.05, 3.63) is 89.1 Å². The first-order valence-corrected chi connectivity index (χ1v) is 13.8. The second kappa shape index (κ2) is 10.5. The summed E-state index contributed by atoms with van der Waals surface area (Å²) < 4.78 is 56.3. The lowest BCUT2D eigenvalue weighted by Crippen LogP contribution is -2.64. The van der Waals surface area contributed by atoms with Crippen LogP contribution in [0.1, 0.15) is 48.8 Å². The summed E-state index contributed by atoms with van der Waals surface area (Å²) in [4.78, 5) is 48.5. The number of hydrogen-bond acceptors (Lipinski definition) is 5. The zero-order chi connectivity index (χ0) is 30.5. The van der Waals surface area contributed by atoms with Gasteiger partial charge in [0.15, 0.2) is 17.2 Å². The SMILES string of the molecule is N#Cc1ccnc(N2C(=O)CC[C@H]2C(=O)N(c2ccc(F)c(F)c2)[C@]2(C(=O)NC3CC(F)(F)C3)CCc3ccccc32)c1. The Morgan fingerprint density at radius 1 is 1.05 bits per heavy atom. The molecule has 1 saturated heterocycles. The van der Waals surface area contributed by atoms with Crippen LogP contribution in [-0.4, -0.2) is 40.7 Å². The number of halogens is 4. The van der Waals surface area contributed by atoms with Crippen molar-refractivity contribution in [2.75, 3.05) is 9.80 Å². The molecule has 1 aromatic heterocycles. The monoisotopic (exact) mass is 591 g/mol.